The summed E-state index contributed by atoms with van der Waals surface area (Å²) in [5, 5.41) is 0. The van der Waals surface area contributed by atoms with Gasteiger partial charge in [0, 0.05) is 13.1 Å². The van der Waals surface area contributed by atoms with Crippen molar-refractivity contribution in [3.05, 3.63) is 47.2 Å². The lowest BCUT2D eigenvalue weighted by Crippen LogP contribution is -2.16. The van der Waals surface area contributed by atoms with E-state index in [1.807, 2.05) is 0 Å². The molecule has 19 heavy (non-hydrogen) atoms. The molecule has 0 amide bonds. The average molecular weight is 259 g/mol. The fraction of sp³-hybridized carbons (Fsp3) is 0.556. The highest BCUT2D eigenvalue weighted by atomic mass is 15.1. The van der Waals surface area contributed by atoms with Gasteiger partial charge in [-0.05, 0) is 49.9 Å². The molecule has 0 unspecified atom stereocenters. The zero-order valence-electron chi connectivity index (χ0n) is 13.5. The molecule has 0 saturated heterocycles. The maximum Gasteiger partial charge on any atom is 0.0143 e. The van der Waals surface area contributed by atoms with Crippen LogP contribution in [0.1, 0.15) is 52.7 Å². The molecule has 0 aromatic heterocycles. The van der Waals surface area contributed by atoms with Crippen LogP contribution in [0.15, 0.2) is 36.0 Å². The van der Waals surface area contributed by atoms with E-state index < -0.39 is 0 Å². The minimum Gasteiger partial charge on any atom is -0.378 e. The zero-order valence-corrected chi connectivity index (χ0v) is 13.5. The number of allylic oxidation sites excluding steroid dienone is 1. The van der Waals surface area contributed by atoms with Gasteiger partial charge in [-0.3, -0.25) is 0 Å². The minimum atomic E-state index is 0.241. The van der Waals surface area contributed by atoms with Gasteiger partial charge in [-0.2, -0.15) is 0 Å². The minimum absolute atomic E-state index is 0.241. The lowest BCUT2D eigenvalue weighted by Gasteiger charge is -2.19. The van der Waals surface area contributed by atoms with Gasteiger partial charge in [0.05, 0.1) is 0 Å². The van der Waals surface area contributed by atoms with Crippen molar-refractivity contribution in [1.29, 1.82) is 0 Å². The predicted molar refractivity (Wildman–Crippen MR) is 85.5 cm³/mol. The Kier molecular flexibility index (Phi) is 5.65. The van der Waals surface area contributed by atoms with Crippen LogP contribution < -0.4 is 0 Å². The molecule has 0 aliphatic rings. The third kappa shape index (κ3) is 5.10. The Labute approximate surface area is 119 Å². The molecule has 0 atom stereocenters. The van der Waals surface area contributed by atoms with Gasteiger partial charge >= 0.3 is 0 Å². The van der Waals surface area contributed by atoms with Crippen molar-refractivity contribution < 1.29 is 0 Å². The lowest BCUT2D eigenvalue weighted by atomic mass is 9.86. The van der Waals surface area contributed by atoms with Crippen LogP contribution in [0.2, 0.25) is 0 Å². The molecule has 1 nitrogen and oxygen atoms in total. The number of benzene rings is 1. The summed E-state index contributed by atoms with van der Waals surface area (Å²) >= 11 is 0. The summed E-state index contributed by atoms with van der Waals surface area (Å²) in [4.78, 5) is 2.35. The molecule has 0 aliphatic heterocycles. The van der Waals surface area contributed by atoms with E-state index in [0.29, 0.717) is 0 Å². The van der Waals surface area contributed by atoms with Gasteiger partial charge in [-0.1, -0.05) is 50.6 Å². The first-order chi connectivity index (χ1) is 8.86. The second kappa shape index (κ2) is 6.79. The summed E-state index contributed by atoms with van der Waals surface area (Å²) in [5.74, 6) is 0. The van der Waals surface area contributed by atoms with Crippen molar-refractivity contribution >= 4 is 0 Å². The highest BCUT2D eigenvalue weighted by Gasteiger charge is 2.12. The SMILES string of the molecule is CCN(C=C(C)Cc1ccc(C(C)(C)C)cc1)CC. The average Bonchev–Trinajstić information content (AvgIpc) is 2.35. The molecule has 1 heteroatoms. The van der Waals surface area contributed by atoms with Crippen molar-refractivity contribution in [3.8, 4) is 0 Å². The van der Waals surface area contributed by atoms with Crippen LogP contribution in [0.25, 0.3) is 0 Å². The van der Waals surface area contributed by atoms with E-state index in [1.54, 1.807) is 0 Å². The third-order valence-electron chi connectivity index (χ3n) is 3.52. The van der Waals surface area contributed by atoms with Crippen molar-refractivity contribution in [2.24, 2.45) is 0 Å². The van der Waals surface area contributed by atoms with Crippen LogP contribution in [0.4, 0.5) is 0 Å². The Balaban J connectivity index is 2.73. The molecule has 0 aliphatic carbocycles. The van der Waals surface area contributed by atoms with Crippen LogP contribution in [0.3, 0.4) is 0 Å². The number of nitrogens with zero attached hydrogens (tertiary/aromatic N) is 1. The summed E-state index contributed by atoms with van der Waals surface area (Å²) < 4.78 is 0. The van der Waals surface area contributed by atoms with Gasteiger partial charge in [0.2, 0.25) is 0 Å². The van der Waals surface area contributed by atoms with Crippen molar-refractivity contribution in [3.63, 3.8) is 0 Å². The van der Waals surface area contributed by atoms with E-state index in [9.17, 15) is 0 Å². The maximum atomic E-state index is 2.35. The van der Waals surface area contributed by atoms with E-state index in [0.717, 1.165) is 19.5 Å². The fourth-order valence-electron chi connectivity index (χ4n) is 2.21. The smallest absolute Gasteiger partial charge is 0.0143 e. The molecule has 0 N–H and O–H groups in total. The molecule has 0 spiro atoms. The van der Waals surface area contributed by atoms with E-state index in [-0.39, 0.29) is 5.41 Å². The van der Waals surface area contributed by atoms with Gasteiger partial charge in [0.1, 0.15) is 0 Å². The number of rotatable bonds is 5. The predicted octanol–water partition coefficient (Wildman–Crippen LogP) is 4.77. The Hall–Kier alpha value is -1.24. The summed E-state index contributed by atoms with van der Waals surface area (Å²) in [6.45, 7) is 15.6. The van der Waals surface area contributed by atoms with E-state index in [2.05, 4.69) is 76.9 Å². The Morgan fingerprint density at radius 1 is 1.05 bits per heavy atom. The molecular weight excluding hydrogens is 230 g/mol. The van der Waals surface area contributed by atoms with Gasteiger partial charge in [-0.25, -0.2) is 0 Å². The van der Waals surface area contributed by atoms with Gasteiger partial charge < -0.3 is 4.90 Å². The molecule has 0 saturated carbocycles. The number of hydrogen-bond acceptors (Lipinski definition) is 1. The molecule has 1 rings (SSSR count). The van der Waals surface area contributed by atoms with E-state index in [1.165, 1.54) is 16.7 Å². The molecular formula is C18H29N. The van der Waals surface area contributed by atoms with Crippen LogP contribution in [-0.2, 0) is 11.8 Å². The first-order valence-corrected chi connectivity index (χ1v) is 7.37. The molecule has 0 radical (unpaired) electrons. The van der Waals surface area contributed by atoms with E-state index >= 15 is 0 Å². The molecule has 0 bridgehead atoms. The Morgan fingerprint density at radius 2 is 1.58 bits per heavy atom. The highest BCUT2D eigenvalue weighted by molar-refractivity contribution is 5.29. The molecule has 1 aromatic carbocycles. The van der Waals surface area contributed by atoms with Gasteiger partial charge in [0.25, 0.3) is 0 Å². The monoisotopic (exact) mass is 259 g/mol. The van der Waals surface area contributed by atoms with Gasteiger partial charge in [0.15, 0.2) is 0 Å². The third-order valence-corrected chi connectivity index (χ3v) is 3.52. The van der Waals surface area contributed by atoms with Crippen LogP contribution in [0.5, 0.6) is 0 Å². The van der Waals surface area contributed by atoms with Crippen LogP contribution in [0, 0.1) is 0 Å². The summed E-state index contributed by atoms with van der Waals surface area (Å²) in [5.41, 5.74) is 4.47. The molecule has 0 heterocycles. The second-order valence-electron chi connectivity index (χ2n) is 6.32. The van der Waals surface area contributed by atoms with Gasteiger partial charge in [-0.15, -0.1) is 0 Å². The number of hydrogen-bond donors (Lipinski definition) is 0. The second-order valence-corrected chi connectivity index (χ2v) is 6.32. The van der Waals surface area contributed by atoms with Crippen LogP contribution in [-0.4, -0.2) is 18.0 Å². The standard InChI is InChI=1S/C18H29N/c1-7-19(8-2)14-15(3)13-16-9-11-17(12-10-16)18(4,5)6/h9-12,14H,7-8,13H2,1-6H3. The van der Waals surface area contributed by atoms with Crippen LogP contribution >= 0.6 is 0 Å². The topological polar surface area (TPSA) is 3.24 Å². The quantitative estimate of drug-likeness (QED) is 0.736. The normalized spacial score (nSPS) is 12.6. The zero-order chi connectivity index (χ0) is 14.5. The molecule has 106 valence electrons. The maximum absolute atomic E-state index is 2.35. The lowest BCUT2D eigenvalue weighted by molar-refractivity contribution is 0.415. The van der Waals surface area contributed by atoms with Crippen molar-refractivity contribution in [2.45, 2.75) is 53.4 Å². The van der Waals surface area contributed by atoms with E-state index in [4.69, 9.17) is 0 Å². The largest absolute Gasteiger partial charge is 0.378 e. The summed E-state index contributed by atoms with van der Waals surface area (Å²) in [6, 6.07) is 9.06. The Morgan fingerprint density at radius 3 is 2.00 bits per heavy atom. The highest BCUT2D eigenvalue weighted by Crippen LogP contribution is 2.22. The first-order valence-electron chi connectivity index (χ1n) is 7.37. The first kappa shape index (κ1) is 15.8. The van der Waals surface area contributed by atoms with Crippen molar-refractivity contribution in [1.82, 2.24) is 4.90 Å². The summed E-state index contributed by atoms with van der Waals surface area (Å²) in [6.07, 6.45) is 3.33. The molecule has 0 fully saturated rings. The van der Waals surface area contributed by atoms with Crippen molar-refractivity contribution in [2.75, 3.05) is 13.1 Å². The Bertz CT molecular complexity index is 402. The molecule has 1 aromatic rings. The fourth-order valence-corrected chi connectivity index (χ4v) is 2.21. The summed E-state index contributed by atoms with van der Waals surface area (Å²) in [7, 11) is 0.